The summed E-state index contributed by atoms with van der Waals surface area (Å²) in [4.78, 5) is 26.0. The molecule has 0 atom stereocenters. The Morgan fingerprint density at radius 3 is 2.54 bits per heavy atom. The minimum Gasteiger partial charge on any atom is -0.354 e. The fourth-order valence-electron chi connectivity index (χ4n) is 3.49. The highest BCUT2D eigenvalue weighted by atomic mass is 16.2. The molecule has 1 saturated heterocycles. The summed E-state index contributed by atoms with van der Waals surface area (Å²) < 4.78 is 0. The Morgan fingerprint density at radius 1 is 1.12 bits per heavy atom. The molecule has 0 saturated carbocycles. The van der Waals surface area contributed by atoms with Crippen molar-refractivity contribution in [3.05, 3.63) is 17.1 Å². The second-order valence-corrected chi connectivity index (χ2v) is 7.07. The van der Waals surface area contributed by atoms with Gasteiger partial charge in [-0.3, -0.25) is 4.79 Å². The molecular formula is C19H32N4O. The molecule has 1 aromatic rings. The van der Waals surface area contributed by atoms with E-state index in [0.717, 1.165) is 62.8 Å². The highest BCUT2D eigenvalue weighted by Gasteiger charge is 2.23. The van der Waals surface area contributed by atoms with Crippen LogP contribution in [0.4, 0.5) is 5.82 Å². The Morgan fingerprint density at radius 2 is 1.88 bits per heavy atom. The van der Waals surface area contributed by atoms with Crippen LogP contribution in [0, 0.1) is 13.8 Å². The third kappa shape index (κ3) is 4.46. The number of nitrogens with zero attached hydrogens (tertiary/aromatic N) is 4. The molecule has 1 aliphatic rings. The monoisotopic (exact) mass is 332 g/mol. The van der Waals surface area contributed by atoms with Crippen molar-refractivity contribution in [1.29, 1.82) is 0 Å². The minimum absolute atomic E-state index is 0.304. The molecule has 0 radical (unpaired) electrons. The number of rotatable bonds is 5. The highest BCUT2D eigenvalue weighted by Crippen LogP contribution is 2.28. The van der Waals surface area contributed by atoms with Gasteiger partial charge in [-0.25, -0.2) is 9.97 Å². The van der Waals surface area contributed by atoms with Crippen molar-refractivity contribution in [2.75, 3.05) is 31.1 Å². The number of unbranched alkanes of at least 4 members (excludes halogenated alkanes) is 1. The highest BCUT2D eigenvalue weighted by molar-refractivity contribution is 5.76. The van der Waals surface area contributed by atoms with Crippen LogP contribution in [0.1, 0.15) is 69.5 Å². The summed E-state index contributed by atoms with van der Waals surface area (Å²) in [6.07, 6.45) is 3.74. The quantitative estimate of drug-likeness (QED) is 0.829. The number of carbonyl (C=O) groups is 1. The van der Waals surface area contributed by atoms with E-state index in [4.69, 9.17) is 4.98 Å². The van der Waals surface area contributed by atoms with E-state index in [1.807, 2.05) is 11.8 Å². The summed E-state index contributed by atoms with van der Waals surface area (Å²) in [5.41, 5.74) is 2.32. The number of amides is 1. The topological polar surface area (TPSA) is 49.3 Å². The molecule has 0 bridgehead atoms. The van der Waals surface area contributed by atoms with Crippen LogP contribution in [0.25, 0.3) is 0 Å². The number of aromatic nitrogens is 2. The summed E-state index contributed by atoms with van der Waals surface area (Å²) in [5, 5.41) is 0. The molecule has 1 fully saturated rings. The molecule has 1 aliphatic heterocycles. The first-order valence-electron chi connectivity index (χ1n) is 9.31. The molecule has 2 heterocycles. The average Bonchev–Trinajstić information content (AvgIpc) is 2.77. The lowest BCUT2D eigenvalue weighted by molar-refractivity contribution is -0.131. The van der Waals surface area contributed by atoms with E-state index in [9.17, 15) is 4.79 Å². The van der Waals surface area contributed by atoms with Crippen LogP contribution < -0.4 is 4.90 Å². The molecule has 24 heavy (non-hydrogen) atoms. The van der Waals surface area contributed by atoms with Crippen molar-refractivity contribution in [2.24, 2.45) is 0 Å². The number of hydrogen-bond donors (Lipinski definition) is 0. The van der Waals surface area contributed by atoms with Crippen molar-refractivity contribution in [2.45, 2.75) is 66.2 Å². The number of carbonyl (C=O) groups excluding carboxylic acids is 1. The van der Waals surface area contributed by atoms with Crippen molar-refractivity contribution in [3.8, 4) is 0 Å². The Bertz CT molecular complexity index is 571. The van der Waals surface area contributed by atoms with Crippen LogP contribution in [-0.2, 0) is 4.79 Å². The van der Waals surface area contributed by atoms with Gasteiger partial charge in [0.2, 0.25) is 5.91 Å². The van der Waals surface area contributed by atoms with Gasteiger partial charge in [0, 0.05) is 43.9 Å². The van der Waals surface area contributed by atoms with Crippen molar-refractivity contribution in [1.82, 2.24) is 14.9 Å². The van der Waals surface area contributed by atoms with Crippen LogP contribution >= 0.6 is 0 Å². The van der Waals surface area contributed by atoms with E-state index < -0.39 is 0 Å². The lowest BCUT2D eigenvalue weighted by Gasteiger charge is -2.27. The van der Waals surface area contributed by atoms with Gasteiger partial charge in [0.05, 0.1) is 0 Å². The molecule has 5 heteroatoms. The molecule has 0 aliphatic carbocycles. The Balaban J connectivity index is 2.16. The lowest BCUT2D eigenvalue weighted by Crippen LogP contribution is -2.35. The largest absolute Gasteiger partial charge is 0.354 e. The van der Waals surface area contributed by atoms with E-state index in [1.165, 1.54) is 5.56 Å². The Hall–Kier alpha value is -1.65. The van der Waals surface area contributed by atoms with Gasteiger partial charge in [0.1, 0.15) is 11.6 Å². The van der Waals surface area contributed by atoms with Crippen LogP contribution in [0.5, 0.6) is 0 Å². The molecular weight excluding hydrogens is 300 g/mol. The summed E-state index contributed by atoms with van der Waals surface area (Å²) in [6, 6.07) is 0. The first-order valence-corrected chi connectivity index (χ1v) is 9.31. The summed E-state index contributed by atoms with van der Waals surface area (Å²) in [5.74, 6) is 2.59. The van der Waals surface area contributed by atoms with Gasteiger partial charge < -0.3 is 9.80 Å². The first-order chi connectivity index (χ1) is 11.4. The Kier molecular flexibility index (Phi) is 6.58. The molecule has 134 valence electrons. The zero-order valence-corrected chi connectivity index (χ0v) is 15.9. The molecule has 1 amide bonds. The standard InChI is InChI=1S/C19H32N4O/c1-6-7-9-17(24)22-10-8-11-23(13-12-22)19-18(14(2)3)15(4)20-16(5)21-19/h14H,6-13H2,1-5H3. The van der Waals surface area contributed by atoms with Gasteiger partial charge in [0.15, 0.2) is 0 Å². The van der Waals surface area contributed by atoms with E-state index in [-0.39, 0.29) is 0 Å². The van der Waals surface area contributed by atoms with Crippen LogP contribution in [0.3, 0.4) is 0 Å². The maximum atomic E-state index is 12.3. The number of anilines is 1. The van der Waals surface area contributed by atoms with Crippen molar-refractivity contribution in [3.63, 3.8) is 0 Å². The third-order valence-electron chi connectivity index (χ3n) is 4.70. The number of hydrogen-bond acceptors (Lipinski definition) is 4. The summed E-state index contributed by atoms with van der Waals surface area (Å²) in [7, 11) is 0. The molecule has 5 nitrogen and oxygen atoms in total. The number of aryl methyl sites for hydroxylation is 2. The maximum absolute atomic E-state index is 12.3. The maximum Gasteiger partial charge on any atom is 0.222 e. The molecule has 2 rings (SSSR count). The van der Waals surface area contributed by atoms with Crippen LogP contribution in [-0.4, -0.2) is 47.0 Å². The van der Waals surface area contributed by atoms with E-state index in [2.05, 4.69) is 37.6 Å². The zero-order valence-electron chi connectivity index (χ0n) is 15.9. The molecule has 0 spiro atoms. The molecule has 0 aromatic carbocycles. The predicted molar refractivity (Wildman–Crippen MR) is 98.5 cm³/mol. The van der Waals surface area contributed by atoms with E-state index >= 15 is 0 Å². The van der Waals surface area contributed by atoms with Crippen LogP contribution in [0.15, 0.2) is 0 Å². The van der Waals surface area contributed by atoms with Gasteiger partial charge in [-0.05, 0) is 32.6 Å². The average molecular weight is 332 g/mol. The zero-order chi connectivity index (χ0) is 17.7. The van der Waals surface area contributed by atoms with Gasteiger partial charge in [0.25, 0.3) is 0 Å². The fourth-order valence-corrected chi connectivity index (χ4v) is 3.49. The lowest BCUT2D eigenvalue weighted by atomic mass is 10.0. The second kappa shape index (κ2) is 8.45. The first kappa shape index (κ1) is 18.7. The molecule has 1 aromatic heterocycles. The second-order valence-electron chi connectivity index (χ2n) is 7.07. The van der Waals surface area contributed by atoms with Gasteiger partial charge in [-0.15, -0.1) is 0 Å². The van der Waals surface area contributed by atoms with E-state index in [1.54, 1.807) is 0 Å². The SMILES string of the molecule is CCCCC(=O)N1CCCN(c2nc(C)nc(C)c2C(C)C)CC1. The molecule has 0 N–H and O–H groups in total. The van der Waals surface area contributed by atoms with Crippen LogP contribution in [0.2, 0.25) is 0 Å². The van der Waals surface area contributed by atoms with Gasteiger partial charge in [-0.1, -0.05) is 27.2 Å². The molecule has 0 unspecified atom stereocenters. The van der Waals surface area contributed by atoms with Gasteiger partial charge >= 0.3 is 0 Å². The smallest absolute Gasteiger partial charge is 0.222 e. The predicted octanol–water partition coefficient (Wildman–Crippen LogP) is 3.45. The minimum atomic E-state index is 0.304. The fraction of sp³-hybridized carbons (Fsp3) is 0.737. The van der Waals surface area contributed by atoms with Crippen molar-refractivity contribution < 1.29 is 4.79 Å². The van der Waals surface area contributed by atoms with Gasteiger partial charge in [-0.2, -0.15) is 0 Å². The van der Waals surface area contributed by atoms with E-state index in [0.29, 0.717) is 18.2 Å². The summed E-state index contributed by atoms with van der Waals surface area (Å²) in [6.45, 7) is 14.0. The Labute approximate surface area is 146 Å². The normalized spacial score (nSPS) is 15.8. The summed E-state index contributed by atoms with van der Waals surface area (Å²) >= 11 is 0. The van der Waals surface area contributed by atoms with Crippen molar-refractivity contribution >= 4 is 11.7 Å². The third-order valence-corrected chi connectivity index (χ3v) is 4.70.